The fraction of sp³-hybridized carbons (Fsp3) is 0.200. The van der Waals surface area contributed by atoms with Crippen molar-refractivity contribution in [2.75, 3.05) is 5.32 Å². The van der Waals surface area contributed by atoms with Crippen LogP contribution >= 0.6 is 22.6 Å². The van der Waals surface area contributed by atoms with E-state index in [1.54, 1.807) is 0 Å². The van der Waals surface area contributed by atoms with Crippen LogP contribution in [0.5, 0.6) is 0 Å². The Kier molecular flexibility index (Phi) is 3.42. The van der Waals surface area contributed by atoms with Gasteiger partial charge in [0.1, 0.15) is 0 Å². The van der Waals surface area contributed by atoms with Crippen molar-refractivity contribution in [3.05, 3.63) is 27.8 Å². The first kappa shape index (κ1) is 9.40. The molecule has 1 aromatic carbocycles. The van der Waals surface area contributed by atoms with E-state index >= 15 is 0 Å². The number of anilines is 1. The lowest BCUT2D eigenvalue weighted by molar-refractivity contribution is 1.04. The predicted molar refractivity (Wildman–Crippen MR) is 61.1 cm³/mol. The molecule has 0 saturated carbocycles. The van der Waals surface area contributed by atoms with E-state index in [0.29, 0.717) is 0 Å². The van der Waals surface area contributed by atoms with E-state index in [9.17, 15) is 0 Å². The Labute approximate surface area is 86.7 Å². The van der Waals surface area contributed by atoms with Crippen molar-refractivity contribution in [1.82, 2.24) is 0 Å². The molecular weight excluding hydrogens is 261 g/mol. The summed E-state index contributed by atoms with van der Waals surface area (Å²) < 4.78 is 1.23. The molecule has 0 spiro atoms. The van der Waals surface area contributed by atoms with Gasteiger partial charge in [0.15, 0.2) is 0 Å². The van der Waals surface area contributed by atoms with Gasteiger partial charge in [0.2, 0.25) is 0 Å². The maximum atomic E-state index is 5.24. The van der Waals surface area contributed by atoms with Gasteiger partial charge in [0, 0.05) is 9.26 Å². The molecule has 1 nitrogen and oxygen atoms in total. The minimum atomic E-state index is 0.0880. The molecule has 0 fully saturated rings. The van der Waals surface area contributed by atoms with Gasteiger partial charge in [-0.25, -0.2) is 0 Å². The van der Waals surface area contributed by atoms with Gasteiger partial charge in [0.25, 0.3) is 0 Å². The molecule has 0 aliphatic carbocycles. The Morgan fingerprint density at radius 2 is 2.00 bits per heavy atom. The van der Waals surface area contributed by atoms with Crippen molar-refractivity contribution in [2.45, 2.75) is 13.0 Å². The molecule has 0 aliphatic heterocycles. The molecule has 0 amide bonds. The lowest BCUT2D eigenvalue weighted by Gasteiger charge is -2.08. The molecule has 0 aromatic heterocycles. The maximum Gasteiger partial charge on any atom is 0.0845 e. The summed E-state index contributed by atoms with van der Waals surface area (Å²) in [5, 5.41) is 3.18. The summed E-state index contributed by atoms with van der Waals surface area (Å²) in [6, 6.07) is 8.23. The van der Waals surface area contributed by atoms with Gasteiger partial charge in [0.05, 0.1) is 6.04 Å². The van der Waals surface area contributed by atoms with Gasteiger partial charge < -0.3 is 5.32 Å². The van der Waals surface area contributed by atoms with E-state index in [1.165, 1.54) is 3.57 Å². The number of nitrogens with one attached hydrogen (secondary N) is 1. The van der Waals surface area contributed by atoms with Crippen LogP contribution in [-0.4, -0.2) is 6.04 Å². The van der Waals surface area contributed by atoms with Crippen molar-refractivity contribution in [1.29, 1.82) is 0 Å². The zero-order valence-electron chi connectivity index (χ0n) is 6.84. The van der Waals surface area contributed by atoms with Crippen LogP contribution in [0.2, 0.25) is 0 Å². The van der Waals surface area contributed by atoms with E-state index in [0.717, 1.165) is 5.69 Å². The van der Waals surface area contributed by atoms with Gasteiger partial charge in [-0.1, -0.05) is 5.92 Å². The van der Waals surface area contributed by atoms with Crippen LogP contribution in [0.15, 0.2) is 24.3 Å². The number of terminal acetylenes is 1. The Morgan fingerprint density at radius 3 is 2.50 bits per heavy atom. The molecule has 1 aromatic rings. The first-order valence-corrected chi connectivity index (χ1v) is 4.78. The van der Waals surface area contributed by atoms with Crippen LogP contribution in [-0.2, 0) is 0 Å². The summed E-state index contributed by atoms with van der Waals surface area (Å²) in [5.41, 5.74) is 1.07. The quantitative estimate of drug-likeness (QED) is 0.644. The minimum absolute atomic E-state index is 0.0880. The van der Waals surface area contributed by atoms with Crippen LogP contribution in [0.25, 0.3) is 0 Å². The van der Waals surface area contributed by atoms with E-state index in [2.05, 4.69) is 33.8 Å². The molecule has 1 N–H and O–H groups in total. The van der Waals surface area contributed by atoms with Gasteiger partial charge in [-0.05, 0) is 53.8 Å². The molecule has 12 heavy (non-hydrogen) atoms. The third kappa shape index (κ3) is 2.74. The lowest BCUT2D eigenvalue weighted by atomic mass is 10.3. The molecule has 2 heteroatoms. The maximum absolute atomic E-state index is 5.24. The normalized spacial score (nSPS) is 11.8. The van der Waals surface area contributed by atoms with Gasteiger partial charge in [-0.15, -0.1) is 6.42 Å². The highest BCUT2D eigenvalue weighted by Gasteiger charge is 1.95. The highest BCUT2D eigenvalue weighted by molar-refractivity contribution is 14.1. The average Bonchev–Trinajstić information content (AvgIpc) is 2.09. The van der Waals surface area contributed by atoms with Crippen molar-refractivity contribution in [3.63, 3.8) is 0 Å². The smallest absolute Gasteiger partial charge is 0.0845 e. The van der Waals surface area contributed by atoms with Crippen LogP contribution in [0, 0.1) is 15.9 Å². The minimum Gasteiger partial charge on any atom is -0.372 e. The van der Waals surface area contributed by atoms with E-state index in [-0.39, 0.29) is 6.04 Å². The second-order valence-corrected chi connectivity index (χ2v) is 3.79. The molecule has 1 unspecified atom stereocenters. The molecule has 1 atom stereocenters. The number of hydrogen-bond donors (Lipinski definition) is 1. The van der Waals surface area contributed by atoms with Crippen LogP contribution in [0.3, 0.4) is 0 Å². The Hall–Kier alpha value is -0.690. The Bertz CT molecular complexity index is 284. The summed E-state index contributed by atoms with van der Waals surface area (Å²) in [7, 11) is 0. The van der Waals surface area contributed by atoms with Crippen molar-refractivity contribution in [2.24, 2.45) is 0 Å². The first-order valence-electron chi connectivity index (χ1n) is 3.70. The van der Waals surface area contributed by atoms with Gasteiger partial charge in [-0.2, -0.15) is 0 Å². The number of hydrogen-bond acceptors (Lipinski definition) is 1. The summed E-state index contributed by atoms with van der Waals surface area (Å²) in [6.07, 6.45) is 5.24. The third-order valence-electron chi connectivity index (χ3n) is 1.48. The predicted octanol–water partition coefficient (Wildman–Crippen LogP) is 2.72. The summed E-state index contributed by atoms with van der Waals surface area (Å²) >= 11 is 2.27. The standard InChI is InChI=1S/C10H10IN/c1-3-8(2)12-10-6-4-9(11)5-7-10/h1,4-8,12H,2H3. The zero-order valence-corrected chi connectivity index (χ0v) is 9.00. The highest BCUT2D eigenvalue weighted by atomic mass is 127. The summed E-state index contributed by atoms with van der Waals surface area (Å²) in [4.78, 5) is 0. The van der Waals surface area contributed by atoms with Crippen molar-refractivity contribution >= 4 is 28.3 Å². The second-order valence-electron chi connectivity index (χ2n) is 2.54. The third-order valence-corrected chi connectivity index (χ3v) is 2.20. The molecule has 0 heterocycles. The van der Waals surface area contributed by atoms with Crippen LogP contribution < -0.4 is 5.32 Å². The monoisotopic (exact) mass is 271 g/mol. The van der Waals surface area contributed by atoms with Crippen molar-refractivity contribution in [3.8, 4) is 12.3 Å². The first-order chi connectivity index (χ1) is 5.72. The van der Waals surface area contributed by atoms with Crippen molar-refractivity contribution < 1.29 is 0 Å². The molecule has 0 aliphatic rings. The fourth-order valence-corrected chi connectivity index (χ4v) is 1.20. The summed E-state index contributed by atoms with van der Waals surface area (Å²) in [5.74, 6) is 2.62. The number of halogens is 1. The molecular formula is C10H10IN. The summed E-state index contributed by atoms with van der Waals surface area (Å²) in [6.45, 7) is 1.96. The molecule has 1 rings (SSSR count). The number of rotatable bonds is 2. The van der Waals surface area contributed by atoms with E-state index < -0.39 is 0 Å². The zero-order chi connectivity index (χ0) is 8.97. The Balaban J connectivity index is 2.66. The van der Waals surface area contributed by atoms with Crippen LogP contribution in [0.4, 0.5) is 5.69 Å². The lowest BCUT2D eigenvalue weighted by Crippen LogP contribution is -2.11. The average molecular weight is 271 g/mol. The topological polar surface area (TPSA) is 12.0 Å². The molecule has 62 valence electrons. The van der Waals surface area contributed by atoms with Gasteiger partial charge in [-0.3, -0.25) is 0 Å². The highest BCUT2D eigenvalue weighted by Crippen LogP contribution is 2.11. The SMILES string of the molecule is C#CC(C)Nc1ccc(I)cc1. The van der Waals surface area contributed by atoms with Gasteiger partial charge >= 0.3 is 0 Å². The van der Waals surface area contributed by atoms with E-state index in [4.69, 9.17) is 6.42 Å². The Morgan fingerprint density at radius 1 is 1.42 bits per heavy atom. The van der Waals surface area contributed by atoms with Crippen LogP contribution in [0.1, 0.15) is 6.92 Å². The largest absolute Gasteiger partial charge is 0.372 e. The van der Waals surface area contributed by atoms with E-state index in [1.807, 2.05) is 31.2 Å². The second kappa shape index (κ2) is 4.36. The molecule has 0 radical (unpaired) electrons. The molecule has 0 saturated heterocycles. The molecule has 0 bridgehead atoms. The number of benzene rings is 1. The fourth-order valence-electron chi connectivity index (χ4n) is 0.838.